The molecule has 0 spiro atoms. The zero-order valence-electron chi connectivity index (χ0n) is 19.8. The summed E-state index contributed by atoms with van der Waals surface area (Å²) >= 11 is 0. The van der Waals surface area contributed by atoms with Crippen molar-refractivity contribution in [3.63, 3.8) is 0 Å². The Hall–Kier alpha value is -0.640. The van der Waals surface area contributed by atoms with E-state index in [1.54, 1.807) is 5.57 Å². The van der Waals surface area contributed by atoms with Crippen molar-refractivity contribution in [1.82, 2.24) is 0 Å². The predicted molar refractivity (Wildman–Crippen MR) is 122 cm³/mol. The molecule has 0 aromatic carbocycles. The third-order valence-electron chi connectivity index (χ3n) is 9.71. The Morgan fingerprint density at radius 3 is 2.57 bits per heavy atom. The van der Waals surface area contributed by atoms with Gasteiger partial charge in [-0.15, -0.1) is 0 Å². The maximum Gasteiger partial charge on any atom is 0.0661 e. The van der Waals surface area contributed by atoms with Gasteiger partial charge in [-0.05, 0) is 81.5 Å². The summed E-state index contributed by atoms with van der Waals surface area (Å²) in [5.41, 5.74) is 2.50. The van der Waals surface area contributed by atoms with Crippen LogP contribution in [0.25, 0.3) is 0 Å². The molecule has 4 aliphatic rings. The van der Waals surface area contributed by atoms with Crippen molar-refractivity contribution >= 4 is 0 Å². The molecule has 1 unspecified atom stereocenters. The first-order valence-electron chi connectivity index (χ1n) is 12.4. The number of rotatable bonds is 5. The molecular weight excluding hydrogens is 372 g/mol. The molecule has 0 heterocycles. The summed E-state index contributed by atoms with van der Waals surface area (Å²) in [7, 11) is 0. The molecule has 0 amide bonds. The van der Waals surface area contributed by atoms with E-state index in [4.69, 9.17) is 0 Å². The predicted octanol–water partition coefficient (Wildman–Crippen LogP) is 5.39. The minimum absolute atomic E-state index is 0.193. The van der Waals surface area contributed by atoms with Crippen LogP contribution in [0, 0.1) is 34.5 Å². The maximum absolute atomic E-state index is 11.0. The number of hydrogen-bond acceptors (Lipinski definition) is 3. The van der Waals surface area contributed by atoms with Gasteiger partial charge in [0.25, 0.3) is 0 Å². The highest BCUT2D eigenvalue weighted by Gasteiger charge is 2.57. The Balaban J connectivity index is 1.51. The van der Waals surface area contributed by atoms with Crippen LogP contribution in [0.2, 0.25) is 0 Å². The first kappa shape index (κ1) is 22.6. The number of aliphatic hydroxyl groups excluding tert-OH is 2. The lowest BCUT2D eigenvalue weighted by Crippen LogP contribution is -2.51. The molecule has 0 aromatic heterocycles. The van der Waals surface area contributed by atoms with Crippen molar-refractivity contribution in [2.45, 2.75) is 110 Å². The van der Waals surface area contributed by atoms with Crippen LogP contribution in [-0.4, -0.2) is 33.1 Å². The first-order valence-corrected chi connectivity index (χ1v) is 12.4. The van der Waals surface area contributed by atoms with Crippen LogP contribution in [0.15, 0.2) is 23.3 Å². The summed E-state index contributed by atoms with van der Waals surface area (Å²) < 4.78 is 0. The second-order valence-corrected chi connectivity index (χ2v) is 12.4. The van der Waals surface area contributed by atoms with Crippen LogP contribution in [0.1, 0.15) is 92.4 Å². The summed E-state index contributed by atoms with van der Waals surface area (Å²) in [6.45, 7) is 11.0. The van der Waals surface area contributed by atoms with Crippen molar-refractivity contribution in [2.24, 2.45) is 34.5 Å². The van der Waals surface area contributed by atoms with E-state index in [2.05, 4.69) is 32.9 Å². The molecule has 3 saturated carbocycles. The van der Waals surface area contributed by atoms with Crippen molar-refractivity contribution in [3.8, 4) is 0 Å². The van der Waals surface area contributed by atoms with Crippen LogP contribution in [-0.2, 0) is 0 Å². The van der Waals surface area contributed by atoms with Gasteiger partial charge in [-0.1, -0.05) is 56.9 Å². The minimum atomic E-state index is -0.552. The third-order valence-corrected chi connectivity index (χ3v) is 9.71. The molecule has 0 aromatic rings. The maximum atomic E-state index is 11.0. The molecule has 3 heteroatoms. The molecule has 0 saturated heterocycles. The lowest BCUT2D eigenvalue weighted by molar-refractivity contribution is -0.0501. The zero-order chi connectivity index (χ0) is 21.9. The van der Waals surface area contributed by atoms with Crippen LogP contribution in [0.5, 0.6) is 0 Å². The molecule has 8 atom stereocenters. The molecule has 170 valence electrons. The molecule has 4 rings (SSSR count). The normalized spacial score (nSPS) is 44.5. The topological polar surface area (TPSA) is 60.7 Å². The Morgan fingerprint density at radius 1 is 1.13 bits per heavy atom. The molecule has 30 heavy (non-hydrogen) atoms. The monoisotopic (exact) mass is 416 g/mol. The number of fused-ring (bicyclic) bond motifs is 5. The highest BCUT2D eigenvalue weighted by molar-refractivity contribution is 5.40. The van der Waals surface area contributed by atoms with Gasteiger partial charge in [0, 0.05) is 11.8 Å². The summed E-state index contributed by atoms with van der Waals surface area (Å²) in [6, 6.07) is 0. The molecule has 3 N–H and O–H groups in total. The molecule has 0 bridgehead atoms. The van der Waals surface area contributed by atoms with Crippen molar-refractivity contribution < 1.29 is 15.3 Å². The number of hydrogen-bond donors (Lipinski definition) is 3. The van der Waals surface area contributed by atoms with Gasteiger partial charge in [0.2, 0.25) is 0 Å². The van der Waals surface area contributed by atoms with Crippen molar-refractivity contribution in [1.29, 1.82) is 0 Å². The summed E-state index contributed by atoms with van der Waals surface area (Å²) in [5.74, 6) is 2.53. The molecule has 3 nitrogen and oxygen atoms in total. The molecular formula is C27H44O3. The van der Waals surface area contributed by atoms with Crippen LogP contribution >= 0.6 is 0 Å². The van der Waals surface area contributed by atoms with Gasteiger partial charge in [0.1, 0.15) is 0 Å². The quantitative estimate of drug-likeness (QED) is 0.563. The summed E-state index contributed by atoms with van der Waals surface area (Å²) in [4.78, 5) is 0. The van der Waals surface area contributed by atoms with E-state index in [9.17, 15) is 15.3 Å². The van der Waals surface area contributed by atoms with Gasteiger partial charge in [-0.3, -0.25) is 0 Å². The second kappa shape index (κ2) is 7.74. The van der Waals surface area contributed by atoms with Crippen LogP contribution < -0.4 is 0 Å². The average molecular weight is 417 g/mol. The third kappa shape index (κ3) is 3.84. The zero-order valence-corrected chi connectivity index (χ0v) is 19.8. The van der Waals surface area contributed by atoms with Gasteiger partial charge in [0.05, 0.1) is 17.8 Å². The van der Waals surface area contributed by atoms with Gasteiger partial charge in [0.15, 0.2) is 0 Å². The van der Waals surface area contributed by atoms with E-state index in [1.165, 1.54) is 37.7 Å². The lowest BCUT2D eigenvalue weighted by Gasteiger charge is -2.55. The number of allylic oxidation sites excluding steroid dienone is 3. The van der Waals surface area contributed by atoms with Gasteiger partial charge >= 0.3 is 0 Å². The van der Waals surface area contributed by atoms with Crippen LogP contribution in [0.3, 0.4) is 0 Å². The number of aliphatic hydroxyl groups is 3. The fraction of sp³-hybridized carbons (Fsp3) is 0.852. The van der Waals surface area contributed by atoms with Gasteiger partial charge in [-0.2, -0.15) is 0 Å². The average Bonchev–Trinajstić information content (AvgIpc) is 3.00. The molecule has 0 radical (unpaired) electrons. The van der Waals surface area contributed by atoms with E-state index in [1.807, 2.05) is 13.8 Å². The lowest BCUT2D eigenvalue weighted by atomic mass is 9.50. The Kier molecular flexibility index (Phi) is 5.82. The Labute approximate surface area is 183 Å². The van der Waals surface area contributed by atoms with Crippen LogP contribution in [0.4, 0.5) is 0 Å². The highest BCUT2D eigenvalue weighted by Crippen LogP contribution is 2.65. The van der Waals surface area contributed by atoms with E-state index in [-0.39, 0.29) is 5.41 Å². The first-order chi connectivity index (χ1) is 13.9. The van der Waals surface area contributed by atoms with Gasteiger partial charge in [-0.25, -0.2) is 0 Å². The highest BCUT2D eigenvalue weighted by atomic mass is 16.3. The fourth-order valence-electron chi connectivity index (χ4n) is 7.69. The largest absolute Gasteiger partial charge is 0.393 e. The minimum Gasteiger partial charge on any atom is -0.393 e. The molecule has 0 aliphatic heterocycles. The smallest absolute Gasteiger partial charge is 0.0661 e. The van der Waals surface area contributed by atoms with Crippen molar-refractivity contribution in [3.05, 3.63) is 23.3 Å². The Bertz CT molecular complexity index is 716. The fourth-order valence-corrected chi connectivity index (χ4v) is 7.69. The standard InChI is InChI=1S/C27H44O3/c1-17(7-6-11-25(2,3)30)18-13-23-21-9-8-19-14-20(28)15-24(29)27(19,5)22(21)10-12-26(23,4)16-18/h8-9,17-18,20,22-24,28-30H,6-7,10-16H2,1-5H3/t17?,18-,20+,22-,23-,24-,26+,27-/m0/s1. The van der Waals surface area contributed by atoms with E-state index in [0.717, 1.165) is 25.2 Å². The summed E-state index contributed by atoms with van der Waals surface area (Å²) in [6.07, 6.45) is 13.2. The van der Waals surface area contributed by atoms with Crippen molar-refractivity contribution in [2.75, 3.05) is 0 Å². The van der Waals surface area contributed by atoms with E-state index < -0.39 is 17.8 Å². The summed E-state index contributed by atoms with van der Waals surface area (Å²) in [5, 5.41) is 31.3. The second-order valence-electron chi connectivity index (χ2n) is 12.4. The molecule has 3 fully saturated rings. The van der Waals surface area contributed by atoms with E-state index in [0.29, 0.717) is 29.6 Å². The molecule has 4 aliphatic carbocycles. The van der Waals surface area contributed by atoms with Gasteiger partial charge < -0.3 is 15.3 Å². The SMILES string of the molecule is CC(CCCC(C)(C)O)[C@H]1C[C@H]2C3=CC=C4C[C@@H](O)C[C@H](O)[C@]4(C)[C@H]3CC[C@]2(C)C1. The van der Waals surface area contributed by atoms with E-state index >= 15 is 0 Å². The Morgan fingerprint density at radius 2 is 1.87 bits per heavy atom.